The monoisotopic (exact) mass is 216 g/mol. The summed E-state index contributed by atoms with van der Waals surface area (Å²) in [6, 6.07) is 0. The molecule has 0 fully saturated rings. The highest BCUT2D eigenvalue weighted by molar-refractivity contribution is 5.78. The van der Waals surface area contributed by atoms with E-state index in [1.807, 2.05) is 0 Å². The van der Waals surface area contributed by atoms with Gasteiger partial charge in [0.05, 0.1) is 0 Å². The third-order valence-electron chi connectivity index (χ3n) is 1.75. The highest BCUT2D eigenvalue weighted by Gasteiger charge is 2.12. The number of carbonyl (C=O) groups is 3. The van der Waals surface area contributed by atoms with Crippen molar-refractivity contribution in [3.05, 3.63) is 0 Å². The first kappa shape index (κ1) is 13.4. The average Bonchev–Trinajstić information content (AvgIpc) is 2.00. The number of hydrogen-bond donors (Lipinski definition) is 3. The first-order chi connectivity index (χ1) is 6.91. The fourth-order valence-electron chi connectivity index (χ4n) is 1.08. The van der Waals surface area contributed by atoms with Crippen molar-refractivity contribution in [3.63, 3.8) is 0 Å². The van der Waals surface area contributed by atoms with Crippen LogP contribution < -0.4 is 11.1 Å². The quantitative estimate of drug-likeness (QED) is 0.531. The molecule has 2 amide bonds. The van der Waals surface area contributed by atoms with Crippen molar-refractivity contribution in [3.8, 4) is 0 Å². The van der Waals surface area contributed by atoms with Gasteiger partial charge in [0.2, 0.25) is 11.8 Å². The van der Waals surface area contributed by atoms with E-state index in [-0.39, 0.29) is 37.6 Å². The summed E-state index contributed by atoms with van der Waals surface area (Å²) in [5.41, 5.74) is 4.88. The molecule has 0 rings (SSSR count). The van der Waals surface area contributed by atoms with E-state index in [1.165, 1.54) is 0 Å². The second-order valence-corrected chi connectivity index (χ2v) is 3.47. The lowest BCUT2D eigenvalue weighted by Crippen LogP contribution is -2.29. The van der Waals surface area contributed by atoms with Gasteiger partial charge in [0.1, 0.15) is 0 Å². The maximum absolute atomic E-state index is 11.2. The lowest BCUT2D eigenvalue weighted by molar-refractivity contribution is -0.138. The number of carboxylic acids is 1. The molecule has 0 bridgehead atoms. The van der Waals surface area contributed by atoms with Crippen molar-refractivity contribution in [2.24, 2.45) is 11.7 Å². The predicted octanol–water partition coefficient (Wildman–Crippen LogP) is -0.521. The number of carbonyl (C=O) groups excluding carboxylic acids is 2. The molecule has 6 nitrogen and oxygen atoms in total. The third-order valence-corrected chi connectivity index (χ3v) is 1.75. The lowest BCUT2D eigenvalue weighted by atomic mass is 10.0. The Hall–Kier alpha value is -1.59. The summed E-state index contributed by atoms with van der Waals surface area (Å²) in [6.45, 7) is 1.88. The number of carboxylic acid groups (broad SMARTS) is 1. The SMILES string of the molecule is CC(CC(=O)O)CC(=O)NCCC(N)=O. The summed E-state index contributed by atoms with van der Waals surface area (Å²) in [6.07, 6.45) is 0.202. The van der Waals surface area contributed by atoms with Gasteiger partial charge in [-0.25, -0.2) is 0 Å². The fourth-order valence-corrected chi connectivity index (χ4v) is 1.08. The van der Waals surface area contributed by atoms with Crippen LogP contribution in [0.4, 0.5) is 0 Å². The van der Waals surface area contributed by atoms with Crippen molar-refractivity contribution in [1.29, 1.82) is 0 Å². The Bertz CT molecular complexity index is 252. The van der Waals surface area contributed by atoms with Crippen LogP contribution in [0.1, 0.15) is 26.2 Å². The molecule has 15 heavy (non-hydrogen) atoms. The lowest BCUT2D eigenvalue weighted by Gasteiger charge is -2.08. The zero-order valence-electron chi connectivity index (χ0n) is 8.66. The zero-order valence-corrected chi connectivity index (χ0v) is 8.66. The Kier molecular flexibility index (Phi) is 6.08. The Balaban J connectivity index is 3.64. The Morgan fingerprint density at radius 2 is 1.93 bits per heavy atom. The first-order valence-electron chi connectivity index (χ1n) is 4.68. The van der Waals surface area contributed by atoms with Gasteiger partial charge in [-0.2, -0.15) is 0 Å². The molecule has 0 radical (unpaired) electrons. The van der Waals surface area contributed by atoms with Crippen LogP contribution in [0.3, 0.4) is 0 Å². The van der Waals surface area contributed by atoms with Gasteiger partial charge < -0.3 is 16.2 Å². The van der Waals surface area contributed by atoms with Crippen LogP contribution in [0.2, 0.25) is 0 Å². The molecule has 0 aromatic rings. The summed E-state index contributed by atoms with van der Waals surface area (Å²) in [5, 5.41) is 10.9. The number of nitrogens with two attached hydrogens (primary N) is 1. The molecule has 0 spiro atoms. The minimum Gasteiger partial charge on any atom is -0.481 e. The number of nitrogens with one attached hydrogen (secondary N) is 1. The predicted molar refractivity (Wildman–Crippen MR) is 52.9 cm³/mol. The van der Waals surface area contributed by atoms with E-state index >= 15 is 0 Å². The highest BCUT2D eigenvalue weighted by Crippen LogP contribution is 2.06. The molecule has 1 unspecified atom stereocenters. The molecule has 0 heterocycles. The Labute approximate surface area is 87.8 Å². The van der Waals surface area contributed by atoms with Crippen LogP contribution in [0.5, 0.6) is 0 Å². The maximum Gasteiger partial charge on any atom is 0.303 e. The molecule has 0 aromatic carbocycles. The van der Waals surface area contributed by atoms with E-state index in [9.17, 15) is 14.4 Å². The number of primary amides is 1. The number of amides is 2. The third kappa shape index (κ3) is 8.73. The minimum absolute atomic E-state index is 0.0385. The van der Waals surface area contributed by atoms with E-state index in [0.29, 0.717) is 0 Å². The molecule has 86 valence electrons. The molecular formula is C9H16N2O4. The molecule has 0 aliphatic carbocycles. The second-order valence-electron chi connectivity index (χ2n) is 3.47. The van der Waals surface area contributed by atoms with Crippen molar-refractivity contribution >= 4 is 17.8 Å². The van der Waals surface area contributed by atoms with E-state index < -0.39 is 11.9 Å². The second kappa shape index (κ2) is 6.80. The standard InChI is InChI=1S/C9H16N2O4/c1-6(5-9(14)15)4-8(13)11-3-2-7(10)12/h6H,2-5H2,1H3,(H2,10,12)(H,11,13)(H,14,15). The molecule has 4 N–H and O–H groups in total. The van der Waals surface area contributed by atoms with Crippen LogP contribution in [0.15, 0.2) is 0 Å². The van der Waals surface area contributed by atoms with Gasteiger partial charge in [0, 0.05) is 25.8 Å². The Morgan fingerprint density at radius 3 is 2.40 bits per heavy atom. The number of aliphatic carboxylic acids is 1. The van der Waals surface area contributed by atoms with E-state index in [2.05, 4.69) is 5.32 Å². The summed E-state index contributed by atoms with van der Waals surface area (Å²) in [7, 11) is 0. The van der Waals surface area contributed by atoms with Gasteiger partial charge in [-0.1, -0.05) is 6.92 Å². The van der Waals surface area contributed by atoms with Gasteiger partial charge in [-0.05, 0) is 5.92 Å². The van der Waals surface area contributed by atoms with Crippen molar-refractivity contribution < 1.29 is 19.5 Å². The van der Waals surface area contributed by atoms with Crippen LogP contribution in [0.25, 0.3) is 0 Å². The zero-order chi connectivity index (χ0) is 11.8. The summed E-state index contributed by atoms with van der Waals surface area (Å²) in [4.78, 5) is 31.8. The first-order valence-corrected chi connectivity index (χ1v) is 4.68. The largest absolute Gasteiger partial charge is 0.481 e. The Morgan fingerprint density at radius 1 is 1.33 bits per heavy atom. The van der Waals surface area contributed by atoms with Gasteiger partial charge in [-0.15, -0.1) is 0 Å². The van der Waals surface area contributed by atoms with Gasteiger partial charge >= 0.3 is 5.97 Å². The maximum atomic E-state index is 11.2. The summed E-state index contributed by atoms with van der Waals surface area (Å²) < 4.78 is 0. The minimum atomic E-state index is -0.924. The molecule has 0 aliphatic heterocycles. The molecule has 1 atom stereocenters. The van der Waals surface area contributed by atoms with Crippen LogP contribution in [-0.4, -0.2) is 29.4 Å². The highest BCUT2D eigenvalue weighted by atomic mass is 16.4. The summed E-state index contributed by atoms with van der Waals surface area (Å²) >= 11 is 0. The van der Waals surface area contributed by atoms with Crippen LogP contribution in [-0.2, 0) is 14.4 Å². The number of rotatable bonds is 7. The number of hydrogen-bond acceptors (Lipinski definition) is 3. The van der Waals surface area contributed by atoms with Crippen LogP contribution in [0, 0.1) is 5.92 Å². The van der Waals surface area contributed by atoms with E-state index in [1.54, 1.807) is 6.92 Å². The average molecular weight is 216 g/mol. The molecule has 6 heteroatoms. The van der Waals surface area contributed by atoms with Crippen molar-refractivity contribution in [2.75, 3.05) is 6.54 Å². The molecule has 0 aliphatic rings. The van der Waals surface area contributed by atoms with Gasteiger partial charge in [0.25, 0.3) is 0 Å². The van der Waals surface area contributed by atoms with Crippen molar-refractivity contribution in [1.82, 2.24) is 5.32 Å². The summed E-state index contributed by atoms with van der Waals surface area (Å²) in [5.74, 6) is -1.87. The van der Waals surface area contributed by atoms with Crippen molar-refractivity contribution in [2.45, 2.75) is 26.2 Å². The molecule has 0 saturated heterocycles. The molecule has 0 aromatic heterocycles. The van der Waals surface area contributed by atoms with E-state index in [0.717, 1.165) is 0 Å². The topological polar surface area (TPSA) is 109 Å². The van der Waals surface area contributed by atoms with Gasteiger partial charge in [0.15, 0.2) is 0 Å². The van der Waals surface area contributed by atoms with Gasteiger partial charge in [-0.3, -0.25) is 14.4 Å². The van der Waals surface area contributed by atoms with Crippen LogP contribution >= 0.6 is 0 Å². The fraction of sp³-hybridized carbons (Fsp3) is 0.667. The normalized spacial score (nSPS) is 11.8. The van der Waals surface area contributed by atoms with E-state index in [4.69, 9.17) is 10.8 Å². The molecular weight excluding hydrogens is 200 g/mol. The smallest absolute Gasteiger partial charge is 0.303 e. The molecule has 0 saturated carbocycles.